The van der Waals surface area contributed by atoms with Gasteiger partial charge in [0.05, 0.1) is 4.90 Å². The molecule has 1 aliphatic rings. The molecule has 3 rings (SSSR count). The molecule has 1 saturated heterocycles. The van der Waals surface area contributed by atoms with Gasteiger partial charge in [0.1, 0.15) is 6.04 Å². The average Bonchev–Trinajstić information content (AvgIpc) is 3.19. The summed E-state index contributed by atoms with van der Waals surface area (Å²) in [6.07, 6.45) is 1.51. The lowest BCUT2D eigenvalue weighted by atomic mass is 10.2. The van der Waals surface area contributed by atoms with E-state index in [-0.39, 0.29) is 12.0 Å². The summed E-state index contributed by atoms with van der Waals surface area (Å²) in [5, 5.41) is 7.35. The topological polar surface area (TPSA) is 76.3 Å². The van der Waals surface area contributed by atoms with Crippen LogP contribution in [0.3, 0.4) is 0 Å². The number of aromatic nitrogens is 2. The number of rotatable bonds is 4. The highest BCUT2D eigenvalue weighted by Crippen LogP contribution is 2.36. The molecule has 1 atom stereocenters. The summed E-state index contributed by atoms with van der Waals surface area (Å²) < 4.78 is 32.1. The molecule has 114 valence electrons. The molecule has 2 aromatic rings. The average molecular weight is 327 g/mol. The molecule has 0 bridgehead atoms. The first-order chi connectivity index (χ1) is 10.00. The molecule has 6 nitrogen and oxygen atoms in total. The first kappa shape index (κ1) is 14.7. The first-order valence-corrected chi connectivity index (χ1v) is 9.26. The molecule has 0 radical (unpaired) electrons. The van der Waals surface area contributed by atoms with Gasteiger partial charge in [0.15, 0.2) is 5.82 Å². The van der Waals surface area contributed by atoms with Crippen LogP contribution in [0.2, 0.25) is 0 Å². The maximum atomic E-state index is 12.7. The fraction of sp³-hybridized carbons (Fsp3) is 0.538. The molecule has 1 aliphatic heterocycles. The quantitative estimate of drug-likeness (QED) is 0.863. The van der Waals surface area contributed by atoms with Crippen LogP contribution in [0.5, 0.6) is 0 Å². The lowest BCUT2D eigenvalue weighted by Gasteiger charge is -2.20. The van der Waals surface area contributed by atoms with Gasteiger partial charge < -0.3 is 4.52 Å². The normalized spacial score (nSPS) is 20.4. The third kappa shape index (κ3) is 2.63. The molecule has 0 unspecified atom stereocenters. The van der Waals surface area contributed by atoms with Gasteiger partial charge in [-0.15, -0.1) is 0 Å². The van der Waals surface area contributed by atoms with Gasteiger partial charge in [-0.1, -0.05) is 19.0 Å². The van der Waals surface area contributed by atoms with E-state index < -0.39 is 10.0 Å². The van der Waals surface area contributed by atoms with Crippen LogP contribution in [0.1, 0.15) is 50.4 Å². The number of sulfonamides is 1. The number of nitrogens with zero attached hydrogens (tertiary/aromatic N) is 3. The molecule has 3 heterocycles. The van der Waals surface area contributed by atoms with Crippen LogP contribution in [0.4, 0.5) is 0 Å². The maximum Gasteiger partial charge on any atom is 0.245 e. The van der Waals surface area contributed by atoms with Gasteiger partial charge in [0.25, 0.3) is 0 Å². The van der Waals surface area contributed by atoms with Gasteiger partial charge >= 0.3 is 0 Å². The minimum atomic E-state index is -3.49. The smallest absolute Gasteiger partial charge is 0.245 e. The van der Waals surface area contributed by atoms with E-state index >= 15 is 0 Å². The molecule has 8 heteroatoms. The van der Waals surface area contributed by atoms with Crippen LogP contribution in [-0.2, 0) is 10.0 Å². The lowest BCUT2D eigenvalue weighted by Crippen LogP contribution is -2.30. The third-order valence-corrected chi connectivity index (χ3v) is 6.30. The van der Waals surface area contributed by atoms with Gasteiger partial charge in [-0.2, -0.15) is 20.6 Å². The number of thiophene rings is 1. The van der Waals surface area contributed by atoms with Crippen molar-refractivity contribution in [1.29, 1.82) is 0 Å². The van der Waals surface area contributed by atoms with E-state index in [1.165, 1.54) is 15.6 Å². The highest BCUT2D eigenvalue weighted by atomic mass is 32.2. The molecule has 0 aliphatic carbocycles. The molecule has 0 N–H and O–H groups in total. The van der Waals surface area contributed by atoms with Crippen molar-refractivity contribution in [2.45, 2.75) is 43.5 Å². The van der Waals surface area contributed by atoms with Gasteiger partial charge in [-0.05, 0) is 24.3 Å². The van der Waals surface area contributed by atoms with Gasteiger partial charge in [0, 0.05) is 17.8 Å². The van der Waals surface area contributed by atoms with E-state index in [1.807, 2.05) is 13.8 Å². The maximum absolute atomic E-state index is 12.7. The summed E-state index contributed by atoms with van der Waals surface area (Å²) in [6, 6.07) is 1.28. The van der Waals surface area contributed by atoms with Crippen molar-refractivity contribution in [3.8, 4) is 0 Å². The van der Waals surface area contributed by atoms with E-state index in [1.54, 1.807) is 16.8 Å². The second-order valence-electron chi connectivity index (χ2n) is 5.38. The van der Waals surface area contributed by atoms with Crippen molar-refractivity contribution in [3.63, 3.8) is 0 Å². The largest absolute Gasteiger partial charge is 0.338 e. The Hall–Kier alpha value is -1.25. The van der Waals surface area contributed by atoms with Crippen LogP contribution < -0.4 is 0 Å². The first-order valence-electron chi connectivity index (χ1n) is 6.87. The lowest BCUT2D eigenvalue weighted by molar-refractivity contribution is 0.289. The molecular weight excluding hydrogens is 310 g/mol. The van der Waals surface area contributed by atoms with E-state index in [4.69, 9.17) is 4.52 Å². The molecule has 2 aromatic heterocycles. The highest BCUT2D eigenvalue weighted by Gasteiger charge is 2.39. The van der Waals surface area contributed by atoms with Crippen molar-refractivity contribution >= 4 is 21.4 Å². The highest BCUT2D eigenvalue weighted by molar-refractivity contribution is 7.89. The van der Waals surface area contributed by atoms with Crippen molar-refractivity contribution in [2.24, 2.45) is 0 Å². The second-order valence-corrected chi connectivity index (χ2v) is 8.05. The number of hydrogen-bond acceptors (Lipinski definition) is 6. The van der Waals surface area contributed by atoms with Crippen LogP contribution >= 0.6 is 11.3 Å². The third-order valence-electron chi connectivity index (χ3n) is 3.56. The van der Waals surface area contributed by atoms with Crippen LogP contribution in [0.25, 0.3) is 0 Å². The summed E-state index contributed by atoms with van der Waals surface area (Å²) >= 11 is 1.37. The molecule has 0 aromatic carbocycles. The molecule has 0 saturated carbocycles. The van der Waals surface area contributed by atoms with E-state index in [0.717, 1.165) is 6.42 Å². The standard InChI is InChI=1S/C13H17N3O3S2/c1-9(2)12-14-13(19-15-12)11-4-3-6-16(11)21(17,18)10-5-7-20-8-10/h5,7-9,11H,3-4,6H2,1-2H3/t11-/m1/s1. The van der Waals surface area contributed by atoms with Crippen LogP contribution in [-0.4, -0.2) is 29.4 Å². The Morgan fingerprint density at radius 2 is 2.29 bits per heavy atom. The Morgan fingerprint density at radius 1 is 1.48 bits per heavy atom. The van der Waals surface area contributed by atoms with E-state index in [9.17, 15) is 8.42 Å². The minimum absolute atomic E-state index is 0.158. The Kier molecular flexibility index (Phi) is 3.85. The van der Waals surface area contributed by atoms with E-state index in [2.05, 4.69) is 10.1 Å². The summed E-state index contributed by atoms with van der Waals surface area (Å²) in [4.78, 5) is 4.69. The summed E-state index contributed by atoms with van der Waals surface area (Å²) in [5.41, 5.74) is 0. The van der Waals surface area contributed by atoms with E-state index in [0.29, 0.717) is 29.6 Å². The van der Waals surface area contributed by atoms with Crippen LogP contribution in [0.15, 0.2) is 26.2 Å². The summed E-state index contributed by atoms with van der Waals surface area (Å²) in [7, 11) is -3.49. The van der Waals surface area contributed by atoms with Crippen molar-refractivity contribution < 1.29 is 12.9 Å². The summed E-state index contributed by atoms with van der Waals surface area (Å²) in [6.45, 7) is 4.44. The molecule has 1 fully saturated rings. The minimum Gasteiger partial charge on any atom is -0.338 e. The fourth-order valence-corrected chi connectivity index (χ4v) is 5.09. The molecule has 0 amide bonds. The number of hydrogen-bond donors (Lipinski definition) is 0. The monoisotopic (exact) mass is 327 g/mol. The van der Waals surface area contributed by atoms with Gasteiger partial charge in [0.2, 0.25) is 15.9 Å². The second kappa shape index (κ2) is 5.51. The Bertz CT molecular complexity index is 707. The van der Waals surface area contributed by atoms with Crippen molar-refractivity contribution in [3.05, 3.63) is 28.5 Å². The summed E-state index contributed by atoms with van der Waals surface area (Å²) in [5.74, 6) is 1.17. The Morgan fingerprint density at radius 3 is 2.90 bits per heavy atom. The van der Waals surface area contributed by atoms with Gasteiger partial charge in [-0.3, -0.25) is 0 Å². The zero-order valence-electron chi connectivity index (χ0n) is 11.9. The van der Waals surface area contributed by atoms with Crippen molar-refractivity contribution in [1.82, 2.24) is 14.4 Å². The molecule has 21 heavy (non-hydrogen) atoms. The Balaban J connectivity index is 1.92. The fourth-order valence-electron chi connectivity index (χ4n) is 2.43. The predicted molar refractivity (Wildman–Crippen MR) is 78.6 cm³/mol. The predicted octanol–water partition coefficient (Wildman–Crippen LogP) is 2.78. The molecule has 0 spiro atoms. The van der Waals surface area contributed by atoms with Crippen molar-refractivity contribution in [2.75, 3.05) is 6.54 Å². The SMILES string of the molecule is CC(C)c1noc([C@H]2CCCN2S(=O)(=O)c2ccsc2)n1. The Labute approximate surface area is 127 Å². The van der Waals surface area contributed by atoms with Crippen LogP contribution in [0, 0.1) is 0 Å². The van der Waals surface area contributed by atoms with Gasteiger partial charge in [-0.25, -0.2) is 8.42 Å². The zero-order chi connectivity index (χ0) is 15.0. The zero-order valence-corrected chi connectivity index (χ0v) is 13.5. The molecular formula is C13H17N3O3S2.